The van der Waals surface area contributed by atoms with Crippen LogP contribution in [0, 0.1) is 5.82 Å². The molecule has 1 aliphatic rings. The van der Waals surface area contributed by atoms with E-state index in [9.17, 15) is 4.39 Å². The molecule has 0 atom stereocenters. The summed E-state index contributed by atoms with van der Waals surface area (Å²) >= 11 is 0. The first-order chi connectivity index (χ1) is 6.20. The zero-order valence-corrected chi connectivity index (χ0v) is 7.84. The molecule has 0 aliphatic carbocycles. The molecule has 0 saturated heterocycles. The van der Waals surface area contributed by atoms with Crippen molar-refractivity contribution in [1.82, 2.24) is 0 Å². The second-order valence-electron chi connectivity index (χ2n) is 3.66. The van der Waals surface area contributed by atoms with Gasteiger partial charge >= 0.3 is 0 Å². The van der Waals surface area contributed by atoms with Crippen LogP contribution in [0.5, 0.6) is 0 Å². The molecule has 0 spiro atoms. The number of halogens is 1. The highest BCUT2D eigenvalue weighted by atomic mass is 19.1. The average Bonchev–Trinajstić information content (AvgIpc) is 2.50. The molecule has 1 aliphatic heterocycles. The van der Waals surface area contributed by atoms with Gasteiger partial charge in [-0.15, -0.1) is 0 Å². The average molecular weight is 177 g/mol. The van der Waals surface area contributed by atoms with Crippen molar-refractivity contribution >= 4 is 6.21 Å². The van der Waals surface area contributed by atoms with Gasteiger partial charge in [-0.3, -0.25) is 4.99 Å². The van der Waals surface area contributed by atoms with E-state index in [1.165, 1.54) is 0 Å². The second-order valence-corrected chi connectivity index (χ2v) is 3.66. The van der Waals surface area contributed by atoms with Gasteiger partial charge in [0.15, 0.2) is 0 Å². The SMILES string of the molecule is CC(C)c1c(F)ccc2c1C=NC2. The van der Waals surface area contributed by atoms with E-state index in [0.29, 0.717) is 6.54 Å². The van der Waals surface area contributed by atoms with E-state index in [1.807, 2.05) is 19.9 Å². The number of benzene rings is 1. The molecule has 0 radical (unpaired) electrons. The summed E-state index contributed by atoms with van der Waals surface area (Å²) in [5, 5.41) is 0. The molecule has 1 aromatic carbocycles. The zero-order chi connectivity index (χ0) is 9.42. The van der Waals surface area contributed by atoms with Gasteiger partial charge in [0.05, 0.1) is 6.54 Å². The first kappa shape index (κ1) is 8.42. The van der Waals surface area contributed by atoms with Crippen LogP contribution in [-0.4, -0.2) is 6.21 Å². The molecule has 0 unspecified atom stereocenters. The first-order valence-corrected chi connectivity index (χ1v) is 4.51. The molecule has 0 amide bonds. The molecular formula is C11H12FN. The Balaban J connectivity index is 2.64. The van der Waals surface area contributed by atoms with Crippen molar-refractivity contribution in [3.05, 3.63) is 34.6 Å². The largest absolute Gasteiger partial charge is 0.288 e. The summed E-state index contributed by atoms with van der Waals surface area (Å²) in [6.07, 6.45) is 1.79. The number of hydrogen-bond acceptors (Lipinski definition) is 1. The summed E-state index contributed by atoms with van der Waals surface area (Å²) in [7, 11) is 0. The number of rotatable bonds is 1. The van der Waals surface area contributed by atoms with Crippen LogP contribution < -0.4 is 0 Å². The van der Waals surface area contributed by atoms with Crippen molar-refractivity contribution in [1.29, 1.82) is 0 Å². The molecule has 2 rings (SSSR count). The van der Waals surface area contributed by atoms with Gasteiger partial charge in [-0.2, -0.15) is 0 Å². The lowest BCUT2D eigenvalue weighted by Gasteiger charge is -2.11. The fourth-order valence-electron chi connectivity index (χ4n) is 1.77. The monoisotopic (exact) mass is 177 g/mol. The van der Waals surface area contributed by atoms with Gasteiger partial charge in [-0.25, -0.2) is 4.39 Å². The lowest BCUT2D eigenvalue weighted by atomic mass is 9.94. The molecule has 0 N–H and O–H groups in total. The van der Waals surface area contributed by atoms with Crippen molar-refractivity contribution in [2.24, 2.45) is 4.99 Å². The fraction of sp³-hybridized carbons (Fsp3) is 0.364. The molecular weight excluding hydrogens is 165 g/mol. The van der Waals surface area contributed by atoms with E-state index < -0.39 is 0 Å². The van der Waals surface area contributed by atoms with E-state index in [1.54, 1.807) is 12.3 Å². The molecule has 68 valence electrons. The van der Waals surface area contributed by atoms with E-state index >= 15 is 0 Å². The van der Waals surface area contributed by atoms with Crippen LogP contribution in [0.3, 0.4) is 0 Å². The van der Waals surface area contributed by atoms with Crippen LogP contribution in [0.15, 0.2) is 17.1 Å². The standard InChI is InChI=1S/C11H12FN/c1-7(2)11-9-6-13-5-8(9)3-4-10(11)12/h3-4,6-7H,5H2,1-2H3. The summed E-state index contributed by atoms with van der Waals surface area (Å²) in [6.45, 7) is 4.71. The van der Waals surface area contributed by atoms with Crippen molar-refractivity contribution in [2.75, 3.05) is 0 Å². The predicted octanol–water partition coefficient (Wildman–Crippen LogP) is 2.88. The Hall–Kier alpha value is -1.18. The quantitative estimate of drug-likeness (QED) is 0.625. The van der Waals surface area contributed by atoms with Crippen molar-refractivity contribution < 1.29 is 4.39 Å². The lowest BCUT2D eigenvalue weighted by molar-refractivity contribution is 0.597. The van der Waals surface area contributed by atoms with Gasteiger partial charge in [0.25, 0.3) is 0 Å². The molecule has 1 aromatic rings. The third kappa shape index (κ3) is 1.26. The normalized spacial score (nSPS) is 13.8. The van der Waals surface area contributed by atoms with Crippen molar-refractivity contribution in [3.63, 3.8) is 0 Å². The molecule has 0 fully saturated rings. The topological polar surface area (TPSA) is 12.4 Å². The Morgan fingerprint density at radius 3 is 2.85 bits per heavy atom. The van der Waals surface area contributed by atoms with E-state index in [4.69, 9.17) is 0 Å². The van der Waals surface area contributed by atoms with Gasteiger partial charge in [-0.1, -0.05) is 19.9 Å². The summed E-state index contributed by atoms with van der Waals surface area (Å²) < 4.78 is 13.4. The molecule has 0 bridgehead atoms. The number of hydrogen-bond donors (Lipinski definition) is 0. The van der Waals surface area contributed by atoms with Crippen LogP contribution in [0.2, 0.25) is 0 Å². The summed E-state index contributed by atoms with van der Waals surface area (Å²) in [5.41, 5.74) is 2.94. The lowest BCUT2D eigenvalue weighted by Crippen LogP contribution is -2.00. The fourth-order valence-corrected chi connectivity index (χ4v) is 1.77. The van der Waals surface area contributed by atoms with Crippen LogP contribution in [0.1, 0.15) is 36.5 Å². The molecule has 0 saturated carbocycles. The van der Waals surface area contributed by atoms with Gasteiger partial charge in [0, 0.05) is 11.8 Å². The minimum absolute atomic E-state index is 0.109. The zero-order valence-electron chi connectivity index (χ0n) is 7.84. The second kappa shape index (κ2) is 2.95. The predicted molar refractivity (Wildman–Crippen MR) is 51.8 cm³/mol. The van der Waals surface area contributed by atoms with Crippen LogP contribution in [0.25, 0.3) is 0 Å². The Morgan fingerprint density at radius 2 is 2.15 bits per heavy atom. The minimum Gasteiger partial charge on any atom is -0.288 e. The molecule has 2 heteroatoms. The van der Waals surface area contributed by atoms with Gasteiger partial charge in [0.1, 0.15) is 5.82 Å². The number of aliphatic imine (C=N–C) groups is 1. The molecule has 0 aromatic heterocycles. The highest BCUT2D eigenvalue weighted by Gasteiger charge is 2.16. The molecule has 1 heterocycles. The van der Waals surface area contributed by atoms with Crippen LogP contribution in [0.4, 0.5) is 4.39 Å². The Bertz CT molecular complexity index is 367. The van der Waals surface area contributed by atoms with Crippen LogP contribution in [-0.2, 0) is 6.54 Å². The van der Waals surface area contributed by atoms with Gasteiger partial charge in [-0.05, 0) is 23.1 Å². The van der Waals surface area contributed by atoms with Crippen molar-refractivity contribution in [3.8, 4) is 0 Å². The molecule has 1 nitrogen and oxygen atoms in total. The maximum absolute atomic E-state index is 13.4. The van der Waals surface area contributed by atoms with E-state index in [2.05, 4.69) is 4.99 Å². The van der Waals surface area contributed by atoms with Gasteiger partial charge < -0.3 is 0 Å². The number of nitrogens with zero attached hydrogens (tertiary/aromatic N) is 1. The summed E-state index contributed by atoms with van der Waals surface area (Å²) in [4.78, 5) is 4.14. The summed E-state index contributed by atoms with van der Waals surface area (Å²) in [6, 6.07) is 3.37. The minimum atomic E-state index is -0.109. The summed E-state index contributed by atoms with van der Waals surface area (Å²) in [5.74, 6) is 0.113. The third-order valence-corrected chi connectivity index (χ3v) is 2.38. The van der Waals surface area contributed by atoms with Crippen LogP contribution >= 0.6 is 0 Å². The Kier molecular flexibility index (Phi) is 1.91. The van der Waals surface area contributed by atoms with Gasteiger partial charge in [0.2, 0.25) is 0 Å². The number of fused-ring (bicyclic) bond motifs is 1. The Morgan fingerprint density at radius 1 is 1.38 bits per heavy atom. The maximum Gasteiger partial charge on any atom is 0.127 e. The van der Waals surface area contributed by atoms with E-state index in [-0.39, 0.29) is 11.7 Å². The smallest absolute Gasteiger partial charge is 0.127 e. The Labute approximate surface area is 77.3 Å². The highest BCUT2D eigenvalue weighted by molar-refractivity contribution is 5.86. The highest BCUT2D eigenvalue weighted by Crippen LogP contribution is 2.27. The van der Waals surface area contributed by atoms with Crippen molar-refractivity contribution in [2.45, 2.75) is 26.3 Å². The molecule has 13 heavy (non-hydrogen) atoms. The third-order valence-electron chi connectivity index (χ3n) is 2.38. The maximum atomic E-state index is 13.4. The van der Waals surface area contributed by atoms with E-state index in [0.717, 1.165) is 16.7 Å². The first-order valence-electron chi connectivity index (χ1n) is 4.51.